The lowest BCUT2D eigenvalue weighted by molar-refractivity contribution is 0.701. The molecule has 0 aromatic heterocycles. The van der Waals surface area contributed by atoms with Gasteiger partial charge in [0.1, 0.15) is 0 Å². The molecule has 4 heteroatoms. The van der Waals surface area contributed by atoms with Crippen molar-refractivity contribution in [3.8, 4) is 0 Å². The average molecular weight is 447 g/mol. The highest BCUT2D eigenvalue weighted by Crippen LogP contribution is 2.61. The molecule has 132 valence electrons. The summed E-state index contributed by atoms with van der Waals surface area (Å²) in [4.78, 5) is 4.59. The molecule has 0 aliphatic heterocycles. The van der Waals surface area contributed by atoms with Gasteiger partial charge in [0.25, 0.3) is 0 Å². The van der Waals surface area contributed by atoms with Crippen LogP contribution in [0.2, 0.25) is 0 Å². The van der Waals surface area contributed by atoms with Crippen LogP contribution in [0.15, 0.2) is 53.5 Å². The number of halogens is 1. The number of benzene rings is 2. The van der Waals surface area contributed by atoms with E-state index in [4.69, 9.17) is 5.73 Å². The van der Waals surface area contributed by atoms with Gasteiger partial charge in [-0.1, -0.05) is 50.2 Å². The van der Waals surface area contributed by atoms with Gasteiger partial charge >= 0.3 is 0 Å². The quantitative estimate of drug-likeness (QED) is 0.404. The molecule has 0 bridgehead atoms. The van der Waals surface area contributed by atoms with Crippen molar-refractivity contribution < 1.29 is 0 Å². The van der Waals surface area contributed by atoms with Crippen molar-refractivity contribution in [2.24, 2.45) is 22.6 Å². The first-order valence-corrected chi connectivity index (χ1v) is 8.88. The lowest BCUT2D eigenvalue weighted by Gasteiger charge is -2.10. The molecule has 1 fully saturated rings. The van der Waals surface area contributed by atoms with Gasteiger partial charge in [-0.25, -0.2) is 0 Å². The van der Waals surface area contributed by atoms with Crippen molar-refractivity contribution in [3.63, 3.8) is 0 Å². The summed E-state index contributed by atoms with van der Waals surface area (Å²) in [7, 11) is 0. The van der Waals surface area contributed by atoms with E-state index in [1.54, 1.807) is 5.56 Å². The Morgan fingerprint density at radius 1 is 1.20 bits per heavy atom. The summed E-state index contributed by atoms with van der Waals surface area (Å²) in [6.07, 6.45) is 1.21. The molecular formula is C21H26IN3. The Balaban J connectivity index is 0.00000182. The normalized spacial score (nSPS) is 23.6. The van der Waals surface area contributed by atoms with Gasteiger partial charge in [-0.3, -0.25) is 4.99 Å². The molecule has 2 aromatic carbocycles. The van der Waals surface area contributed by atoms with Crippen LogP contribution in [0.3, 0.4) is 0 Å². The molecule has 2 aliphatic rings. The fourth-order valence-corrected chi connectivity index (χ4v) is 4.10. The van der Waals surface area contributed by atoms with E-state index in [0.717, 1.165) is 18.2 Å². The number of aliphatic imine (C=N–C) groups is 1. The largest absolute Gasteiger partial charge is 0.370 e. The summed E-state index contributed by atoms with van der Waals surface area (Å²) in [5, 5.41) is 3.23. The van der Waals surface area contributed by atoms with E-state index in [1.807, 2.05) is 6.07 Å². The van der Waals surface area contributed by atoms with Crippen LogP contribution < -0.4 is 11.1 Å². The van der Waals surface area contributed by atoms with E-state index in [-0.39, 0.29) is 24.0 Å². The highest BCUT2D eigenvalue weighted by Gasteiger charge is 2.54. The summed E-state index contributed by atoms with van der Waals surface area (Å²) < 4.78 is 0. The predicted octanol–water partition coefficient (Wildman–Crippen LogP) is 4.74. The topological polar surface area (TPSA) is 50.4 Å². The number of fused-ring (bicyclic) bond motifs is 3. The second-order valence-electron chi connectivity index (χ2n) is 7.39. The molecule has 0 saturated heterocycles. The zero-order valence-electron chi connectivity index (χ0n) is 14.8. The van der Waals surface area contributed by atoms with Gasteiger partial charge in [-0.2, -0.15) is 0 Å². The monoisotopic (exact) mass is 447 g/mol. The maximum atomic E-state index is 6.09. The van der Waals surface area contributed by atoms with E-state index < -0.39 is 0 Å². The van der Waals surface area contributed by atoms with Crippen LogP contribution in [0.1, 0.15) is 42.4 Å². The van der Waals surface area contributed by atoms with Crippen molar-refractivity contribution in [3.05, 3.63) is 65.2 Å². The Morgan fingerprint density at radius 2 is 2.00 bits per heavy atom. The molecule has 3 unspecified atom stereocenters. The Morgan fingerprint density at radius 3 is 2.80 bits per heavy atom. The zero-order valence-corrected chi connectivity index (χ0v) is 17.1. The first-order valence-electron chi connectivity index (χ1n) is 8.88. The lowest BCUT2D eigenvalue weighted by Crippen LogP contribution is -2.23. The Hall–Kier alpha value is -1.56. The fraction of sp³-hybridized carbons (Fsp3) is 0.381. The van der Waals surface area contributed by atoms with Crippen LogP contribution >= 0.6 is 24.0 Å². The van der Waals surface area contributed by atoms with Gasteiger partial charge in [-0.15, -0.1) is 24.0 Å². The summed E-state index contributed by atoms with van der Waals surface area (Å²) in [5.41, 5.74) is 11.5. The molecule has 3 nitrogen and oxygen atoms in total. The molecule has 0 amide bonds. The number of nitrogens with two attached hydrogens (primary N) is 1. The van der Waals surface area contributed by atoms with E-state index >= 15 is 0 Å². The van der Waals surface area contributed by atoms with Crippen molar-refractivity contribution >= 4 is 35.6 Å². The van der Waals surface area contributed by atoms with Crippen LogP contribution in [0.4, 0.5) is 5.69 Å². The van der Waals surface area contributed by atoms with Crippen LogP contribution in [0.25, 0.3) is 0 Å². The number of nitrogens with one attached hydrogen (secondary N) is 1. The van der Waals surface area contributed by atoms with Crippen molar-refractivity contribution in [2.45, 2.75) is 32.1 Å². The highest BCUT2D eigenvalue weighted by molar-refractivity contribution is 14.0. The van der Waals surface area contributed by atoms with Crippen LogP contribution in [-0.4, -0.2) is 12.5 Å². The number of hydrogen-bond donors (Lipinski definition) is 2. The molecule has 4 rings (SSSR count). The molecule has 2 aliphatic carbocycles. The van der Waals surface area contributed by atoms with E-state index in [9.17, 15) is 0 Å². The standard InChI is InChI=1S/C21H25N3.HI/c1-13(2)14-7-5-8-16(10-14)24-21(22)23-12-19-18-11-15-6-3-4-9-17(15)20(18)19;/h3-10,13,18-20H,11-12H2,1-2H3,(H3,22,23,24);1H. The minimum absolute atomic E-state index is 0. The molecule has 0 heterocycles. The van der Waals surface area contributed by atoms with Crippen molar-refractivity contribution in [1.29, 1.82) is 0 Å². The first kappa shape index (κ1) is 18.2. The minimum Gasteiger partial charge on any atom is -0.370 e. The maximum absolute atomic E-state index is 6.09. The van der Waals surface area contributed by atoms with E-state index in [1.165, 1.54) is 17.5 Å². The summed E-state index contributed by atoms with van der Waals surface area (Å²) in [6.45, 7) is 5.22. The smallest absolute Gasteiger partial charge is 0.193 e. The van der Waals surface area contributed by atoms with Gasteiger partial charge in [0.05, 0.1) is 0 Å². The Labute approximate surface area is 167 Å². The van der Waals surface area contributed by atoms with Gasteiger partial charge in [-0.05, 0) is 58.9 Å². The van der Waals surface area contributed by atoms with Crippen LogP contribution in [0, 0.1) is 11.8 Å². The Kier molecular flexibility index (Phi) is 5.37. The van der Waals surface area contributed by atoms with Crippen molar-refractivity contribution in [1.82, 2.24) is 0 Å². The van der Waals surface area contributed by atoms with Gasteiger partial charge in [0.2, 0.25) is 0 Å². The molecule has 0 radical (unpaired) electrons. The summed E-state index contributed by atoms with van der Waals surface area (Å²) in [5.74, 6) is 3.19. The Bertz CT molecular complexity index is 784. The SMILES string of the molecule is CC(C)c1cccc(NC(N)=NCC2C3Cc4ccccc4C23)c1.I. The third-order valence-corrected chi connectivity index (χ3v) is 5.50. The van der Waals surface area contributed by atoms with Gasteiger partial charge < -0.3 is 11.1 Å². The van der Waals surface area contributed by atoms with Gasteiger partial charge in [0.15, 0.2) is 5.96 Å². The minimum atomic E-state index is 0. The van der Waals surface area contributed by atoms with Crippen LogP contribution in [-0.2, 0) is 6.42 Å². The summed E-state index contributed by atoms with van der Waals surface area (Å²) in [6, 6.07) is 17.2. The van der Waals surface area contributed by atoms with E-state index in [2.05, 4.69) is 66.6 Å². The number of anilines is 1. The predicted molar refractivity (Wildman–Crippen MR) is 116 cm³/mol. The van der Waals surface area contributed by atoms with Gasteiger partial charge in [0, 0.05) is 12.2 Å². The molecule has 1 saturated carbocycles. The maximum Gasteiger partial charge on any atom is 0.193 e. The number of guanidine groups is 1. The highest BCUT2D eigenvalue weighted by atomic mass is 127. The molecule has 3 N–H and O–H groups in total. The zero-order chi connectivity index (χ0) is 16.7. The van der Waals surface area contributed by atoms with Crippen molar-refractivity contribution in [2.75, 3.05) is 11.9 Å². The average Bonchev–Trinajstić information content (AvgIpc) is 3.11. The third-order valence-electron chi connectivity index (χ3n) is 5.50. The second-order valence-corrected chi connectivity index (χ2v) is 7.39. The van der Waals surface area contributed by atoms with Crippen LogP contribution in [0.5, 0.6) is 0 Å². The number of nitrogens with zero attached hydrogens (tertiary/aromatic N) is 1. The molecule has 0 spiro atoms. The van der Waals surface area contributed by atoms with E-state index in [0.29, 0.717) is 23.7 Å². The lowest BCUT2D eigenvalue weighted by atomic mass is 10.0. The fourth-order valence-electron chi connectivity index (χ4n) is 4.10. The summed E-state index contributed by atoms with van der Waals surface area (Å²) >= 11 is 0. The number of hydrogen-bond acceptors (Lipinski definition) is 1. The number of rotatable bonds is 4. The molecular weight excluding hydrogens is 421 g/mol. The molecule has 25 heavy (non-hydrogen) atoms. The molecule has 2 aromatic rings. The molecule has 3 atom stereocenters. The second kappa shape index (κ2) is 7.36. The third kappa shape index (κ3) is 3.68. The first-order chi connectivity index (χ1) is 11.6.